The number of benzene rings is 1. The average molecular weight is 474 g/mol. The fourth-order valence-corrected chi connectivity index (χ4v) is 5.07. The molecule has 5 nitrogen and oxygen atoms in total. The predicted molar refractivity (Wildman–Crippen MR) is 121 cm³/mol. The molecule has 1 aromatic carbocycles. The summed E-state index contributed by atoms with van der Waals surface area (Å²) in [5.74, 6) is 0. The summed E-state index contributed by atoms with van der Waals surface area (Å²) in [7, 11) is -1.11. The quantitative estimate of drug-likeness (QED) is 0.615. The molecule has 2 aliphatic heterocycles. The monoisotopic (exact) mass is 473 g/mol. The summed E-state index contributed by atoms with van der Waals surface area (Å²) in [6.07, 6.45) is 0.525. The Morgan fingerprint density at radius 1 is 1.39 bits per heavy atom. The van der Waals surface area contributed by atoms with Gasteiger partial charge in [0.15, 0.2) is 0 Å². The average Bonchev–Trinajstić information content (AvgIpc) is 3.23. The molecule has 2 aliphatic rings. The van der Waals surface area contributed by atoms with Gasteiger partial charge < -0.3 is 10.5 Å². The third-order valence-electron chi connectivity index (χ3n) is 5.01. The summed E-state index contributed by atoms with van der Waals surface area (Å²) in [6.45, 7) is 3.97. The van der Waals surface area contributed by atoms with Gasteiger partial charge in [-0.3, -0.25) is 14.1 Å². The van der Waals surface area contributed by atoms with Crippen molar-refractivity contribution in [3.8, 4) is 0 Å². The topological polar surface area (TPSA) is 67.9 Å². The standard InChI is InChI=1S/C21H26F3N3O2S2/c1-31(28)16-4-2-3-15(13-16)18-5-6-19(30-18)17(14-20(25)21(22,23)24)26-7-8-27-9-11-29-12-10-27/h2-5,13-14,19H,6-12,25H2,1H3. The zero-order chi connectivity index (χ0) is 22.4. The maximum absolute atomic E-state index is 13.1. The number of ether oxygens (including phenoxy) is 1. The van der Waals surface area contributed by atoms with E-state index < -0.39 is 22.7 Å². The lowest BCUT2D eigenvalue weighted by Crippen LogP contribution is -2.38. The maximum atomic E-state index is 13.1. The minimum Gasteiger partial charge on any atom is -0.395 e. The van der Waals surface area contributed by atoms with Gasteiger partial charge in [0.2, 0.25) is 0 Å². The molecule has 2 N–H and O–H groups in total. The minimum absolute atomic E-state index is 0.253. The van der Waals surface area contributed by atoms with E-state index in [-0.39, 0.29) is 5.25 Å². The second-order valence-corrected chi connectivity index (χ2v) is 9.87. The molecule has 31 heavy (non-hydrogen) atoms. The molecular formula is C21H26F3N3O2S2. The predicted octanol–water partition coefficient (Wildman–Crippen LogP) is 3.45. The summed E-state index contributed by atoms with van der Waals surface area (Å²) in [5.41, 5.74) is 5.40. The Bertz CT molecular complexity index is 894. The zero-order valence-corrected chi connectivity index (χ0v) is 18.9. The lowest BCUT2D eigenvalue weighted by molar-refractivity contribution is -0.0925. The lowest BCUT2D eigenvalue weighted by Gasteiger charge is -2.26. The van der Waals surface area contributed by atoms with Crippen LogP contribution in [0.25, 0.3) is 4.91 Å². The first kappa shape index (κ1) is 24.0. The summed E-state index contributed by atoms with van der Waals surface area (Å²) in [4.78, 5) is 8.34. The van der Waals surface area contributed by atoms with Crippen LogP contribution in [0.4, 0.5) is 13.2 Å². The molecule has 0 aliphatic carbocycles. The van der Waals surface area contributed by atoms with Crippen LogP contribution in [-0.4, -0.2) is 71.9 Å². The second kappa shape index (κ2) is 10.8. The van der Waals surface area contributed by atoms with Crippen LogP contribution in [0.3, 0.4) is 0 Å². The van der Waals surface area contributed by atoms with Gasteiger partial charge >= 0.3 is 6.18 Å². The fourth-order valence-electron chi connectivity index (χ4n) is 3.29. The number of hydrogen-bond donors (Lipinski definition) is 1. The number of nitrogens with two attached hydrogens (primary N) is 1. The van der Waals surface area contributed by atoms with Crippen molar-refractivity contribution in [3.63, 3.8) is 0 Å². The minimum atomic E-state index is -4.59. The Morgan fingerprint density at radius 3 is 2.81 bits per heavy atom. The van der Waals surface area contributed by atoms with Gasteiger partial charge in [0.25, 0.3) is 0 Å². The molecule has 1 saturated heterocycles. The van der Waals surface area contributed by atoms with Crippen LogP contribution >= 0.6 is 11.8 Å². The highest BCUT2D eigenvalue weighted by molar-refractivity contribution is 8.09. The molecule has 2 heterocycles. The number of alkyl halides is 3. The van der Waals surface area contributed by atoms with Crippen molar-refractivity contribution < 1.29 is 22.1 Å². The van der Waals surface area contributed by atoms with Gasteiger partial charge in [0.1, 0.15) is 5.70 Å². The van der Waals surface area contributed by atoms with Gasteiger partial charge in [-0.2, -0.15) is 13.2 Å². The van der Waals surface area contributed by atoms with E-state index in [9.17, 15) is 17.4 Å². The smallest absolute Gasteiger partial charge is 0.395 e. The van der Waals surface area contributed by atoms with E-state index >= 15 is 0 Å². The van der Waals surface area contributed by atoms with Gasteiger partial charge in [0.05, 0.1) is 30.7 Å². The third-order valence-corrected chi connectivity index (χ3v) is 7.30. The molecule has 3 rings (SSSR count). The van der Waals surface area contributed by atoms with E-state index in [4.69, 9.17) is 10.5 Å². The zero-order valence-electron chi connectivity index (χ0n) is 17.2. The fraction of sp³-hybridized carbons (Fsp3) is 0.476. The Labute approximate surface area is 187 Å². The van der Waals surface area contributed by atoms with E-state index in [0.29, 0.717) is 43.3 Å². The van der Waals surface area contributed by atoms with Crippen molar-refractivity contribution in [3.05, 3.63) is 47.7 Å². The summed E-state index contributed by atoms with van der Waals surface area (Å²) < 4.78 is 56.2. The van der Waals surface area contributed by atoms with Gasteiger partial charge in [-0.1, -0.05) is 18.2 Å². The van der Waals surface area contributed by atoms with Crippen LogP contribution in [0.2, 0.25) is 0 Å². The second-order valence-electron chi connectivity index (χ2n) is 7.25. The molecule has 1 fully saturated rings. The Morgan fingerprint density at radius 2 is 2.13 bits per heavy atom. The maximum Gasteiger partial charge on any atom is 0.430 e. The van der Waals surface area contributed by atoms with E-state index in [1.165, 1.54) is 11.8 Å². The van der Waals surface area contributed by atoms with E-state index in [1.54, 1.807) is 12.3 Å². The molecule has 0 saturated carbocycles. The van der Waals surface area contributed by atoms with Crippen molar-refractivity contribution >= 4 is 33.2 Å². The number of nitrogens with zero attached hydrogens (tertiary/aromatic N) is 2. The largest absolute Gasteiger partial charge is 0.430 e. The molecule has 0 aromatic heterocycles. The molecule has 2 atom stereocenters. The van der Waals surface area contributed by atoms with Crippen LogP contribution in [0.1, 0.15) is 12.0 Å². The first-order chi connectivity index (χ1) is 14.7. The molecule has 2 unspecified atom stereocenters. The van der Waals surface area contributed by atoms with Crippen molar-refractivity contribution in [2.75, 3.05) is 45.6 Å². The number of aliphatic imine (C=N–C) groups is 1. The van der Waals surface area contributed by atoms with E-state index in [0.717, 1.165) is 29.6 Å². The van der Waals surface area contributed by atoms with Crippen LogP contribution in [-0.2, 0) is 15.5 Å². The molecule has 1 aromatic rings. The molecule has 0 spiro atoms. The summed E-state index contributed by atoms with van der Waals surface area (Å²) in [5, 5.41) is -0.253. The Hall–Kier alpha value is -1.62. The normalized spacial score (nSPS) is 22.5. The van der Waals surface area contributed by atoms with Crippen molar-refractivity contribution in [1.82, 2.24) is 4.90 Å². The Balaban J connectivity index is 1.74. The molecule has 0 amide bonds. The lowest BCUT2D eigenvalue weighted by atomic mass is 10.1. The van der Waals surface area contributed by atoms with Crippen molar-refractivity contribution in [1.29, 1.82) is 0 Å². The van der Waals surface area contributed by atoms with E-state index in [1.807, 2.05) is 24.3 Å². The van der Waals surface area contributed by atoms with Gasteiger partial charge in [-0.15, -0.1) is 11.8 Å². The number of morpholine rings is 1. The first-order valence-corrected chi connectivity index (χ1v) is 12.4. The first-order valence-electron chi connectivity index (χ1n) is 9.93. The highest BCUT2D eigenvalue weighted by atomic mass is 32.2. The van der Waals surface area contributed by atoms with E-state index in [2.05, 4.69) is 9.89 Å². The van der Waals surface area contributed by atoms with Gasteiger partial charge in [0, 0.05) is 46.5 Å². The number of thioether (sulfide) groups is 1. The third kappa shape index (κ3) is 6.93. The number of rotatable bonds is 7. The highest BCUT2D eigenvalue weighted by Gasteiger charge is 2.33. The van der Waals surface area contributed by atoms with Crippen LogP contribution in [0.15, 0.2) is 52.0 Å². The molecule has 0 bridgehead atoms. The number of halogens is 3. The summed E-state index contributed by atoms with van der Waals surface area (Å²) in [6, 6.07) is 7.39. The molecule has 170 valence electrons. The number of allylic oxidation sites excluding steroid dienone is 3. The van der Waals surface area contributed by atoms with Crippen molar-refractivity contribution in [2.45, 2.75) is 22.7 Å². The van der Waals surface area contributed by atoms with Gasteiger partial charge in [-0.25, -0.2) is 0 Å². The molecule has 0 radical (unpaired) electrons. The van der Waals surface area contributed by atoms with Gasteiger partial charge in [-0.05, 0) is 30.2 Å². The molecule has 10 heteroatoms. The van der Waals surface area contributed by atoms with Crippen LogP contribution in [0, 0.1) is 0 Å². The van der Waals surface area contributed by atoms with Crippen molar-refractivity contribution in [2.24, 2.45) is 10.7 Å². The SMILES string of the molecule is CS(=O)c1cccc(C2=CCC(C(C=C(N)C(F)(F)F)=NCCN3CCOCC3)S2)c1. The molecular weight excluding hydrogens is 447 g/mol. The van der Waals surface area contributed by atoms with Crippen LogP contribution < -0.4 is 5.73 Å². The van der Waals surface area contributed by atoms with Crippen LogP contribution in [0.5, 0.6) is 0 Å². The Kier molecular flexibility index (Phi) is 8.37. The number of hydrogen-bond acceptors (Lipinski definition) is 6. The summed E-state index contributed by atoms with van der Waals surface area (Å²) >= 11 is 1.46. The highest BCUT2D eigenvalue weighted by Crippen LogP contribution is 2.41.